The van der Waals surface area contributed by atoms with Crippen molar-refractivity contribution in [3.8, 4) is 0 Å². The second kappa shape index (κ2) is 3.47. The summed E-state index contributed by atoms with van der Waals surface area (Å²) in [6.07, 6.45) is 4.05. The number of nitrogens with one attached hydrogen (secondary N) is 2. The summed E-state index contributed by atoms with van der Waals surface area (Å²) in [5.41, 5.74) is 1.29. The molecule has 2 rings (SSSR count). The van der Waals surface area contributed by atoms with Gasteiger partial charge in [0.15, 0.2) is 0 Å². The molecule has 0 amide bonds. The number of H-pyrrole nitrogens is 1. The van der Waals surface area contributed by atoms with Gasteiger partial charge in [-0.05, 0) is 18.9 Å². The van der Waals surface area contributed by atoms with E-state index in [9.17, 15) is 0 Å². The van der Waals surface area contributed by atoms with Crippen LogP contribution in [-0.4, -0.2) is 28.5 Å². The fraction of sp³-hybridized carbons (Fsp3) is 0.667. The standard InChI is InChI=1S/C9H15N3O/c13-7-9(2-3-9)6-10-5-8-1-4-11-12-8/h1,4,10,13H,2-3,5-7H2,(H,11,12). The molecule has 4 nitrogen and oxygen atoms in total. The molecule has 1 aromatic rings. The van der Waals surface area contributed by atoms with Crippen LogP contribution in [-0.2, 0) is 6.54 Å². The van der Waals surface area contributed by atoms with Crippen LogP contribution in [0.15, 0.2) is 12.3 Å². The first-order valence-electron chi connectivity index (χ1n) is 4.64. The number of nitrogens with zero attached hydrogens (tertiary/aromatic N) is 1. The molecular formula is C9H15N3O. The van der Waals surface area contributed by atoms with Gasteiger partial charge in [-0.25, -0.2) is 0 Å². The van der Waals surface area contributed by atoms with Gasteiger partial charge in [0.05, 0.1) is 0 Å². The van der Waals surface area contributed by atoms with Gasteiger partial charge in [0.1, 0.15) is 0 Å². The zero-order chi connectivity index (χ0) is 9.15. The Morgan fingerprint density at radius 3 is 3.00 bits per heavy atom. The van der Waals surface area contributed by atoms with Gasteiger partial charge in [-0.15, -0.1) is 0 Å². The zero-order valence-electron chi connectivity index (χ0n) is 7.58. The molecule has 13 heavy (non-hydrogen) atoms. The van der Waals surface area contributed by atoms with E-state index in [0.29, 0.717) is 6.61 Å². The Balaban J connectivity index is 1.70. The Hall–Kier alpha value is -0.870. The Morgan fingerprint density at radius 1 is 1.62 bits per heavy atom. The van der Waals surface area contributed by atoms with E-state index in [4.69, 9.17) is 5.11 Å². The van der Waals surface area contributed by atoms with Crippen LogP contribution in [0.3, 0.4) is 0 Å². The summed E-state index contributed by atoms with van der Waals surface area (Å²) in [6, 6.07) is 1.95. The first-order valence-corrected chi connectivity index (χ1v) is 4.64. The molecule has 0 bridgehead atoms. The number of aliphatic hydroxyl groups is 1. The lowest BCUT2D eigenvalue weighted by molar-refractivity contribution is 0.207. The van der Waals surface area contributed by atoms with Crippen molar-refractivity contribution in [1.29, 1.82) is 0 Å². The molecule has 1 aliphatic rings. The third kappa shape index (κ3) is 2.08. The van der Waals surface area contributed by atoms with E-state index >= 15 is 0 Å². The molecule has 3 N–H and O–H groups in total. The van der Waals surface area contributed by atoms with Crippen molar-refractivity contribution in [3.63, 3.8) is 0 Å². The quantitative estimate of drug-likeness (QED) is 0.611. The molecule has 0 spiro atoms. The minimum absolute atomic E-state index is 0.194. The SMILES string of the molecule is OCC1(CNCc2ccn[nH]2)CC1. The van der Waals surface area contributed by atoms with Crippen LogP contribution in [0.4, 0.5) is 0 Å². The molecule has 1 saturated carbocycles. The normalized spacial score (nSPS) is 18.8. The highest BCUT2D eigenvalue weighted by atomic mass is 16.3. The highest BCUT2D eigenvalue weighted by molar-refractivity contribution is 4.99. The molecule has 0 saturated heterocycles. The predicted octanol–water partition coefficient (Wildman–Crippen LogP) is 0.272. The zero-order valence-corrected chi connectivity index (χ0v) is 7.58. The van der Waals surface area contributed by atoms with Gasteiger partial charge in [-0.1, -0.05) is 0 Å². The highest BCUT2D eigenvalue weighted by Gasteiger charge is 2.41. The molecule has 1 fully saturated rings. The third-order valence-corrected chi connectivity index (χ3v) is 2.67. The van der Waals surface area contributed by atoms with E-state index in [1.165, 1.54) is 0 Å². The fourth-order valence-electron chi connectivity index (χ4n) is 1.41. The average molecular weight is 181 g/mol. The maximum absolute atomic E-state index is 9.05. The Kier molecular flexibility index (Phi) is 2.33. The number of hydrogen-bond acceptors (Lipinski definition) is 3. The summed E-state index contributed by atoms with van der Waals surface area (Å²) < 4.78 is 0. The lowest BCUT2D eigenvalue weighted by Crippen LogP contribution is -2.26. The van der Waals surface area contributed by atoms with Crippen molar-refractivity contribution in [2.24, 2.45) is 5.41 Å². The summed E-state index contributed by atoms with van der Waals surface area (Å²) >= 11 is 0. The van der Waals surface area contributed by atoms with Crippen LogP contribution in [0, 0.1) is 5.41 Å². The van der Waals surface area contributed by atoms with Crippen LogP contribution in [0.1, 0.15) is 18.5 Å². The topological polar surface area (TPSA) is 60.9 Å². The predicted molar refractivity (Wildman–Crippen MR) is 49.0 cm³/mol. The van der Waals surface area contributed by atoms with Gasteiger partial charge in [-0.3, -0.25) is 5.10 Å². The third-order valence-electron chi connectivity index (χ3n) is 2.67. The van der Waals surface area contributed by atoms with E-state index in [-0.39, 0.29) is 5.41 Å². The number of aromatic nitrogens is 2. The summed E-state index contributed by atoms with van der Waals surface area (Å²) in [5, 5.41) is 19.1. The summed E-state index contributed by atoms with van der Waals surface area (Å²) in [7, 11) is 0. The van der Waals surface area contributed by atoms with Gasteiger partial charge >= 0.3 is 0 Å². The Morgan fingerprint density at radius 2 is 2.46 bits per heavy atom. The minimum atomic E-state index is 0.194. The van der Waals surface area contributed by atoms with Crippen molar-refractivity contribution >= 4 is 0 Å². The van der Waals surface area contributed by atoms with Crippen LogP contribution < -0.4 is 5.32 Å². The van der Waals surface area contributed by atoms with Crippen molar-refractivity contribution in [3.05, 3.63) is 18.0 Å². The number of aliphatic hydroxyl groups excluding tert-OH is 1. The summed E-state index contributed by atoms with van der Waals surface area (Å²) in [4.78, 5) is 0. The molecule has 1 aliphatic carbocycles. The van der Waals surface area contributed by atoms with Crippen molar-refractivity contribution in [1.82, 2.24) is 15.5 Å². The van der Waals surface area contributed by atoms with Crippen molar-refractivity contribution < 1.29 is 5.11 Å². The van der Waals surface area contributed by atoms with Gasteiger partial charge in [0.25, 0.3) is 0 Å². The van der Waals surface area contributed by atoms with Crippen molar-refractivity contribution in [2.45, 2.75) is 19.4 Å². The maximum atomic E-state index is 9.05. The van der Waals surface area contributed by atoms with E-state index < -0.39 is 0 Å². The Labute approximate surface area is 77.4 Å². The fourth-order valence-corrected chi connectivity index (χ4v) is 1.41. The molecule has 0 radical (unpaired) electrons. The number of hydrogen-bond donors (Lipinski definition) is 3. The smallest absolute Gasteiger partial charge is 0.0499 e. The molecular weight excluding hydrogens is 166 g/mol. The minimum Gasteiger partial charge on any atom is -0.396 e. The summed E-state index contributed by atoms with van der Waals surface area (Å²) in [6.45, 7) is 2.02. The first-order chi connectivity index (χ1) is 6.35. The molecule has 1 aromatic heterocycles. The first kappa shape index (κ1) is 8.72. The van der Waals surface area contributed by atoms with Gasteiger partial charge in [-0.2, -0.15) is 5.10 Å². The monoisotopic (exact) mass is 181 g/mol. The molecule has 0 unspecified atom stereocenters. The molecule has 0 aliphatic heterocycles. The largest absolute Gasteiger partial charge is 0.396 e. The number of aromatic amines is 1. The summed E-state index contributed by atoms with van der Waals surface area (Å²) in [5.74, 6) is 0. The van der Waals surface area contributed by atoms with Crippen LogP contribution in [0.25, 0.3) is 0 Å². The lowest BCUT2D eigenvalue weighted by atomic mass is 10.1. The average Bonchev–Trinajstić information content (AvgIpc) is 2.74. The molecule has 1 heterocycles. The van der Waals surface area contributed by atoms with Gasteiger partial charge in [0, 0.05) is 37.0 Å². The second-order valence-electron chi connectivity index (χ2n) is 3.84. The molecule has 72 valence electrons. The van der Waals surface area contributed by atoms with Gasteiger partial charge < -0.3 is 10.4 Å². The lowest BCUT2D eigenvalue weighted by Gasteiger charge is -2.11. The van der Waals surface area contributed by atoms with E-state index in [2.05, 4.69) is 15.5 Å². The van der Waals surface area contributed by atoms with E-state index in [1.54, 1.807) is 6.20 Å². The van der Waals surface area contributed by atoms with Gasteiger partial charge in [0.2, 0.25) is 0 Å². The van der Waals surface area contributed by atoms with Crippen molar-refractivity contribution in [2.75, 3.05) is 13.2 Å². The van der Waals surface area contributed by atoms with E-state index in [0.717, 1.165) is 31.6 Å². The van der Waals surface area contributed by atoms with Crippen LogP contribution in [0.2, 0.25) is 0 Å². The maximum Gasteiger partial charge on any atom is 0.0499 e. The molecule has 0 aromatic carbocycles. The second-order valence-corrected chi connectivity index (χ2v) is 3.84. The molecule has 0 atom stereocenters. The number of rotatable bonds is 5. The van der Waals surface area contributed by atoms with E-state index in [1.807, 2.05) is 6.07 Å². The highest BCUT2D eigenvalue weighted by Crippen LogP contribution is 2.44. The Bertz CT molecular complexity index is 254. The van der Waals surface area contributed by atoms with Crippen LogP contribution >= 0.6 is 0 Å². The molecule has 4 heteroatoms. The van der Waals surface area contributed by atoms with Crippen LogP contribution in [0.5, 0.6) is 0 Å².